The van der Waals surface area contributed by atoms with Gasteiger partial charge in [0, 0.05) is 25.1 Å². The molecule has 3 amide bonds. The molecule has 7 heteroatoms. The topological polar surface area (TPSA) is 78.5 Å². The molecule has 2 rings (SSSR count). The summed E-state index contributed by atoms with van der Waals surface area (Å²) in [7, 11) is 1.44. The van der Waals surface area contributed by atoms with E-state index in [0.29, 0.717) is 5.75 Å². The summed E-state index contributed by atoms with van der Waals surface area (Å²) in [5.41, 5.74) is 0. The van der Waals surface area contributed by atoms with Gasteiger partial charge in [-0.15, -0.1) is 0 Å². The summed E-state index contributed by atoms with van der Waals surface area (Å²) in [5, 5.41) is 5.72. The van der Waals surface area contributed by atoms with Crippen molar-refractivity contribution < 1.29 is 14.4 Å². The first kappa shape index (κ1) is 12.4. The van der Waals surface area contributed by atoms with E-state index in [2.05, 4.69) is 10.6 Å². The molecule has 6 nitrogen and oxygen atoms in total. The Morgan fingerprint density at radius 3 is 2.82 bits per heavy atom. The third-order valence-corrected chi connectivity index (χ3v) is 4.00. The number of nitrogens with one attached hydrogen (secondary N) is 2. The summed E-state index contributed by atoms with van der Waals surface area (Å²) < 4.78 is 0. The second-order valence-electron chi connectivity index (χ2n) is 4.14. The molecule has 2 N–H and O–H groups in total. The van der Waals surface area contributed by atoms with Crippen LogP contribution >= 0.6 is 11.8 Å². The van der Waals surface area contributed by atoms with Crippen LogP contribution in [0.5, 0.6) is 0 Å². The Labute approximate surface area is 103 Å². The first-order valence-corrected chi connectivity index (χ1v) is 6.67. The zero-order valence-corrected chi connectivity index (χ0v) is 10.4. The highest BCUT2D eigenvalue weighted by Gasteiger charge is 2.38. The number of thioether (sulfide) groups is 1. The summed E-state index contributed by atoms with van der Waals surface area (Å²) in [6.45, 7) is 0.792. The number of hydrogen-bond acceptors (Lipinski definition) is 5. The number of carbonyl (C=O) groups excluding carboxylic acids is 3. The molecule has 2 atom stereocenters. The number of nitrogens with zero attached hydrogens (tertiary/aromatic N) is 1. The van der Waals surface area contributed by atoms with Gasteiger partial charge >= 0.3 is 0 Å². The van der Waals surface area contributed by atoms with Crippen molar-refractivity contribution in [2.45, 2.75) is 18.5 Å². The van der Waals surface area contributed by atoms with Crippen LogP contribution in [0.4, 0.5) is 0 Å². The Hall–Kier alpha value is -1.08. The summed E-state index contributed by atoms with van der Waals surface area (Å²) in [6, 6.07) is -0.948. The lowest BCUT2D eigenvalue weighted by Gasteiger charge is -2.23. The van der Waals surface area contributed by atoms with Crippen LogP contribution in [-0.2, 0) is 14.4 Å². The Balaban J connectivity index is 1.90. The van der Waals surface area contributed by atoms with Crippen molar-refractivity contribution in [3.63, 3.8) is 0 Å². The Bertz CT molecular complexity index is 355. The number of imide groups is 1. The number of likely N-dealkylation sites (tertiary alicyclic amines) is 1. The van der Waals surface area contributed by atoms with Crippen LogP contribution in [0.2, 0.25) is 0 Å². The largest absolute Gasteiger partial charge is 0.342 e. The fourth-order valence-electron chi connectivity index (χ4n) is 1.87. The molecule has 0 aliphatic carbocycles. The summed E-state index contributed by atoms with van der Waals surface area (Å²) >= 11 is 1.71. The predicted molar refractivity (Wildman–Crippen MR) is 63.4 cm³/mol. The lowest BCUT2D eigenvalue weighted by Crippen LogP contribution is -2.52. The third-order valence-electron chi connectivity index (χ3n) is 2.94. The minimum atomic E-state index is -0.686. The van der Waals surface area contributed by atoms with Gasteiger partial charge in [0.1, 0.15) is 6.04 Å². The van der Waals surface area contributed by atoms with Crippen LogP contribution in [-0.4, -0.2) is 59.8 Å². The van der Waals surface area contributed by atoms with E-state index in [-0.39, 0.29) is 30.2 Å². The zero-order valence-electron chi connectivity index (χ0n) is 9.56. The van der Waals surface area contributed by atoms with E-state index in [4.69, 9.17) is 0 Å². The summed E-state index contributed by atoms with van der Waals surface area (Å²) in [5.74, 6) is 0.931. The van der Waals surface area contributed by atoms with Gasteiger partial charge < -0.3 is 10.6 Å². The second-order valence-corrected chi connectivity index (χ2v) is 5.29. The molecule has 0 bridgehead atoms. The highest BCUT2D eigenvalue weighted by Crippen LogP contribution is 2.12. The van der Waals surface area contributed by atoms with Gasteiger partial charge in [0.2, 0.25) is 11.8 Å². The van der Waals surface area contributed by atoms with Gasteiger partial charge in [0.15, 0.2) is 0 Å². The van der Waals surface area contributed by atoms with Crippen molar-refractivity contribution in [3.05, 3.63) is 0 Å². The van der Waals surface area contributed by atoms with Gasteiger partial charge in [-0.05, 0) is 0 Å². The molecule has 0 saturated carbocycles. The fraction of sp³-hybridized carbons (Fsp3) is 0.700. The molecule has 0 aromatic heterocycles. The van der Waals surface area contributed by atoms with Gasteiger partial charge in [-0.3, -0.25) is 19.3 Å². The van der Waals surface area contributed by atoms with Gasteiger partial charge in [0.05, 0.1) is 12.5 Å². The van der Waals surface area contributed by atoms with Crippen LogP contribution in [0, 0.1) is 0 Å². The lowest BCUT2D eigenvalue weighted by molar-refractivity contribution is -0.138. The highest BCUT2D eigenvalue weighted by atomic mass is 32.2. The van der Waals surface area contributed by atoms with E-state index in [1.54, 1.807) is 11.8 Å². The Morgan fingerprint density at radius 2 is 2.29 bits per heavy atom. The minimum absolute atomic E-state index is 0.0704. The number of hydrogen-bond donors (Lipinski definition) is 2. The Morgan fingerprint density at radius 1 is 1.53 bits per heavy atom. The maximum atomic E-state index is 11.8. The third kappa shape index (κ3) is 2.61. The molecule has 2 saturated heterocycles. The normalized spacial score (nSPS) is 29.6. The van der Waals surface area contributed by atoms with Crippen LogP contribution in [0.3, 0.4) is 0 Å². The monoisotopic (exact) mass is 257 g/mol. The van der Waals surface area contributed by atoms with Crippen molar-refractivity contribution in [1.82, 2.24) is 15.5 Å². The SMILES string of the molecule is CN1C(=O)CC(NC(=O)C2CSCCN2)C1=O. The van der Waals surface area contributed by atoms with Crippen LogP contribution in [0.25, 0.3) is 0 Å². The Kier molecular flexibility index (Phi) is 3.68. The van der Waals surface area contributed by atoms with Crippen molar-refractivity contribution in [2.75, 3.05) is 25.1 Å². The van der Waals surface area contributed by atoms with Crippen molar-refractivity contribution in [1.29, 1.82) is 0 Å². The van der Waals surface area contributed by atoms with Gasteiger partial charge in [-0.2, -0.15) is 11.8 Å². The van der Waals surface area contributed by atoms with E-state index in [9.17, 15) is 14.4 Å². The van der Waals surface area contributed by atoms with E-state index in [0.717, 1.165) is 17.2 Å². The van der Waals surface area contributed by atoms with E-state index < -0.39 is 6.04 Å². The first-order valence-electron chi connectivity index (χ1n) is 5.51. The molecule has 2 aliphatic rings. The first-order chi connectivity index (χ1) is 8.09. The number of carbonyl (C=O) groups is 3. The predicted octanol–water partition coefficient (Wildman–Crippen LogP) is -1.44. The molecule has 2 fully saturated rings. The van der Waals surface area contributed by atoms with E-state index in [1.807, 2.05) is 0 Å². The number of amides is 3. The summed E-state index contributed by atoms with van der Waals surface area (Å²) in [6.07, 6.45) is 0.0704. The number of rotatable bonds is 2. The molecule has 0 radical (unpaired) electrons. The standard InChI is InChI=1S/C10H15N3O3S/c1-13-8(14)4-6(10(13)16)12-9(15)7-5-17-3-2-11-7/h6-7,11H,2-5H2,1H3,(H,12,15). The lowest BCUT2D eigenvalue weighted by atomic mass is 10.2. The quantitative estimate of drug-likeness (QED) is 0.593. The molecule has 94 valence electrons. The van der Waals surface area contributed by atoms with Gasteiger partial charge in [0.25, 0.3) is 5.91 Å². The van der Waals surface area contributed by atoms with Crippen LogP contribution < -0.4 is 10.6 Å². The second kappa shape index (κ2) is 5.05. The van der Waals surface area contributed by atoms with Crippen LogP contribution in [0.1, 0.15) is 6.42 Å². The fourth-order valence-corrected chi connectivity index (χ4v) is 2.81. The average molecular weight is 257 g/mol. The van der Waals surface area contributed by atoms with E-state index in [1.165, 1.54) is 7.05 Å². The molecule has 0 aromatic carbocycles. The minimum Gasteiger partial charge on any atom is -0.342 e. The molecule has 17 heavy (non-hydrogen) atoms. The van der Waals surface area contributed by atoms with Gasteiger partial charge in [-0.25, -0.2) is 0 Å². The molecular weight excluding hydrogens is 242 g/mol. The molecule has 0 aromatic rings. The maximum Gasteiger partial charge on any atom is 0.252 e. The summed E-state index contributed by atoms with van der Waals surface area (Å²) in [4.78, 5) is 35.8. The number of likely N-dealkylation sites (N-methyl/N-ethyl adjacent to an activating group) is 1. The molecular formula is C10H15N3O3S. The van der Waals surface area contributed by atoms with Crippen molar-refractivity contribution in [2.24, 2.45) is 0 Å². The highest BCUT2D eigenvalue weighted by molar-refractivity contribution is 7.99. The molecule has 0 spiro atoms. The molecule has 2 heterocycles. The molecule has 2 aliphatic heterocycles. The maximum absolute atomic E-state index is 11.8. The van der Waals surface area contributed by atoms with Crippen molar-refractivity contribution in [3.8, 4) is 0 Å². The van der Waals surface area contributed by atoms with Crippen LogP contribution in [0.15, 0.2) is 0 Å². The van der Waals surface area contributed by atoms with Gasteiger partial charge in [-0.1, -0.05) is 0 Å². The smallest absolute Gasteiger partial charge is 0.252 e. The molecule has 2 unspecified atom stereocenters. The zero-order chi connectivity index (χ0) is 12.4. The van der Waals surface area contributed by atoms with E-state index >= 15 is 0 Å². The van der Waals surface area contributed by atoms with Crippen molar-refractivity contribution >= 4 is 29.5 Å². The average Bonchev–Trinajstić information content (AvgIpc) is 2.58.